The molecule has 182 valence electrons. The molecule has 6 heteroatoms. The number of nitrogens with zero attached hydrogens (tertiary/aromatic N) is 3. The summed E-state index contributed by atoms with van der Waals surface area (Å²) in [6, 6.07) is 31.6. The highest BCUT2D eigenvalue weighted by molar-refractivity contribution is 6.25. The van der Waals surface area contributed by atoms with Crippen molar-refractivity contribution in [3.8, 4) is 0 Å². The fraction of sp³-hybridized carbons (Fsp3) is 0.194. The summed E-state index contributed by atoms with van der Waals surface area (Å²) in [7, 11) is 0. The third kappa shape index (κ3) is 3.22. The Morgan fingerprint density at radius 2 is 1.38 bits per heavy atom. The summed E-state index contributed by atoms with van der Waals surface area (Å²) in [5.74, 6) is -0.729. The summed E-state index contributed by atoms with van der Waals surface area (Å²) >= 11 is 0. The van der Waals surface area contributed by atoms with Crippen molar-refractivity contribution in [3.63, 3.8) is 0 Å². The smallest absolute Gasteiger partial charge is 0.332 e. The zero-order chi connectivity index (χ0) is 25.1. The summed E-state index contributed by atoms with van der Waals surface area (Å²) in [5.41, 5.74) is 2.44. The van der Waals surface area contributed by atoms with Gasteiger partial charge in [0, 0.05) is 11.9 Å². The number of fused-ring (bicyclic) bond motifs is 6. The van der Waals surface area contributed by atoms with Gasteiger partial charge < -0.3 is 9.80 Å². The molecule has 6 nitrogen and oxygen atoms in total. The molecule has 37 heavy (non-hydrogen) atoms. The maximum Gasteiger partial charge on any atom is 0.332 e. The molecule has 0 aliphatic carbocycles. The summed E-state index contributed by atoms with van der Waals surface area (Å²) < 4.78 is 0. The van der Waals surface area contributed by atoms with Gasteiger partial charge in [0.1, 0.15) is 6.04 Å². The summed E-state index contributed by atoms with van der Waals surface area (Å²) in [5, 5.41) is 1.84. The lowest BCUT2D eigenvalue weighted by atomic mass is 9.89. The van der Waals surface area contributed by atoms with Gasteiger partial charge in [-0.25, -0.2) is 9.69 Å². The number of hydrogen-bond donors (Lipinski definition) is 0. The highest BCUT2D eigenvalue weighted by Crippen LogP contribution is 2.44. The van der Waals surface area contributed by atoms with Crippen LogP contribution in [0.15, 0.2) is 103 Å². The first kappa shape index (κ1) is 21.8. The Hall–Kier alpha value is -4.45. The molecule has 4 aromatic rings. The van der Waals surface area contributed by atoms with Crippen molar-refractivity contribution in [3.05, 3.63) is 114 Å². The number of benzene rings is 4. The summed E-state index contributed by atoms with van der Waals surface area (Å²) in [6.07, 6.45) is 0.633. The number of amides is 4. The van der Waals surface area contributed by atoms with Crippen LogP contribution in [-0.2, 0) is 9.59 Å². The van der Waals surface area contributed by atoms with Gasteiger partial charge in [0.05, 0.1) is 23.7 Å². The highest BCUT2D eigenvalue weighted by atomic mass is 16.2. The molecule has 3 unspecified atom stereocenters. The van der Waals surface area contributed by atoms with E-state index in [-0.39, 0.29) is 29.9 Å². The molecule has 0 radical (unpaired) electrons. The Morgan fingerprint density at radius 1 is 0.757 bits per heavy atom. The van der Waals surface area contributed by atoms with Crippen LogP contribution in [0.4, 0.5) is 10.5 Å². The van der Waals surface area contributed by atoms with E-state index in [2.05, 4.69) is 0 Å². The number of hydrogen-bond acceptors (Lipinski definition) is 3. The Bertz CT molecular complexity index is 1490. The maximum atomic E-state index is 14.1. The van der Waals surface area contributed by atoms with E-state index in [1.165, 1.54) is 4.90 Å². The van der Waals surface area contributed by atoms with Crippen molar-refractivity contribution in [1.29, 1.82) is 0 Å². The van der Waals surface area contributed by atoms with Gasteiger partial charge in [0.25, 0.3) is 5.91 Å². The molecule has 3 saturated heterocycles. The fourth-order valence-electron chi connectivity index (χ4n) is 6.47. The SMILES string of the molecule is O=C1C2C3CC(CN3C(=O)C(c3ccccc3)c3ccccc3)N2C(=O)N1c1cccc2ccccc12. The van der Waals surface area contributed by atoms with Crippen LogP contribution in [0.2, 0.25) is 0 Å². The van der Waals surface area contributed by atoms with Crippen LogP contribution in [0.3, 0.4) is 0 Å². The molecule has 0 N–H and O–H groups in total. The first-order chi connectivity index (χ1) is 18.1. The van der Waals surface area contributed by atoms with Crippen LogP contribution in [0.1, 0.15) is 23.5 Å². The third-order valence-electron chi connectivity index (χ3n) is 8.07. The van der Waals surface area contributed by atoms with E-state index in [0.717, 1.165) is 21.9 Å². The van der Waals surface area contributed by atoms with Gasteiger partial charge in [-0.1, -0.05) is 97.1 Å². The molecule has 3 fully saturated rings. The van der Waals surface area contributed by atoms with Crippen molar-refractivity contribution >= 4 is 34.3 Å². The van der Waals surface area contributed by atoms with Crippen molar-refractivity contribution < 1.29 is 14.4 Å². The van der Waals surface area contributed by atoms with Crippen LogP contribution >= 0.6 is 0 Å². The minimum atomic E-state index is -0.652. The number of likely N-dealkylation sites (tertiary alicyclic amines) is 1. The predicted octanol–water partition coefficient (Wildman–Crippen LogP) is 4.79. The van der Waals surface area contributed by atoms with E-state index in [1.807, 2.05) is 108 Å². The molecule has 3 aliphatic heterocycles. The van der Waals surface area contributed by atoms with Gasteiger partial charge in [-0.3, -0.25) is 9.59 Å². The largest absolute Gasteiger partial charge is 0.334 e. The van der Waals surface area contributed by atoms with Crippen molar-refractivity contribution in [2.75, 3.05) is 11.4 Å². The van der Waals surface area contributed by atoms with Crippen molar-refractivity contribution in [1.82, 2.24) is 9.80 Å². The summed E-state index contributed by atoms with van der Waals surface area (Å²) in [4.78, 5) is 46.5. The van der Waals surface area contributed by atoms with E-state index in [9.17, 15) is 14.4 Å². The van der Waals surface area contributed by atoms with Crippen LogP contribution in [0.5, 0.6) is 0 Å². The standard InChI is InChI=1S/C31H25N3O3/c35-29(27(21-11-3-1-4-12-21)22-13-5-2-6-14-22)32-19-23-18-26(32)28-30(36)34(31(37)33(23)28)25-17-9-15-20-10-7-8-16-24(20)25/h1-17,23,26-28H,18-19H2. The molecule has 3 heterocycles. The number of anilines is 1. The molecule has 0 saturated carbocycles. The van der Waals surface area contributed by atoms with Gasteiger partial charge in [-0.15, -0.1) is 0 Å². The van der Waals surface area contributed by atoms with Gasteiger partial charge in [-0.05, 0) is 29.0 Å². The lowest BCUT2D eigenvalue weighted by Crippen LogP contribution is -2.55. The quantitative estimate of drug-likeness (QED) is 0.389. The molecular weight excluding hydrogens is 462 g/mol. The third-order valence-corrected chi connectivity index (χ3v) is 8.07. The molecule has 3 aliphatic rings. The lowest BCUT2D eigenvalue weighted by Gasteiger charge is -2.37. The van der Waals surface area contributed by atoms with Gasteiger partial charge in [0.2, 0.25) is 5.91 Å². The van der Waals surface area contributed by atoms with Crippen LogP contribution < -0.4 is 4.90 Å². The molecule has 0 spiro atoms. The van der Waals surface area contributed by atoms with Gasteiger partial charge >= 0.3 is 6.03 Å². The molecule has 4 aromatic carbocycles. The number of carbonyl (C=O) groups is 3. The maximum absolute atomic E-state index is 14.1. The monoisotopic (exact) mass is 487 g/mol. The number of urea groups is 1. The van der Waals surface area contributed by atoms with E-state index < -0.39 is 12.0 Å². The minimum absolute atomic E-state index is 0.0200. The number of imide groups is 1. The van der Waals surface area contributed by atoms with Gasteiger partial charge in [-0.2, -0.15) is 0 Å². The molecule has 3 atom stereocenters. The molecule has 7 rings (SSSR count). The van der Waals surface area contributed by atoms with Crippen LogP contribution in [0, 0.1) is 0 Å². The Kier molecular flexibility index (Phi) is 4.89. The first-order valence-electron chi connectivity index (χ1n) is 12.7. The fourth-order valence-corrected chi connectivity index (χ4v) is 6.47. The molecule has 0 aromatic heterocycles. The normalized spacial score (nSPS) is 22.4. The second-order valence-corrected chi connectivity index (χ2v) is 10.0. The first-order valence-corrected chi connectivity index (χ1v) is 12.7. The van der Waals surface area contributed by atoms with Crippen LogP contribution in [0.25, 0.3) is 10.8 Å². The lowest BCUT2D eigenvalue weighted by molar-refractivity contribution is -0.136. The zero-order valence-corrected chi connectivity index (χ0v) is 20.1. The number of rotatable bonds is 4. The van der Waals surface area contributed by atoms with E-state index in [4.69, 9.17) is 0 Å². The molecular formula is C31H25N3O3. The average Bonchev–Trinajstić information content (AvgIpc) is 3.61. The second kappa shape index (κ2) is 8.30. The Balaban J connectivity index is 1.24. The Morgan fingerprint density at radius 3 is 2.08 bits per heavy atom. The highest BCUT2D eigenvalue weighted by Gasteiger charge is 2.63. The number of carbonyl (C=O) groups excluding carboxylic acids is 3. The van der Waals surface area contributed by atoms with E-state index in [1.54, 1.807) is 4.90 Å². The summed E-state index contributed by atoms with van der Waals surface area (Å²) in [6.45, 7) is 0.443. The Labute approximate surface area is 214 Å². The zero-order valence-electron chi connectivity index (χ0n) is 20.1. The van der Waals surface area contributed by atoms with Crippen LogP contribution in [-0.4, -0.2) is 52.3 Å². The van der Waals surface area contributed by atoms with E-state index >= 15 is 0 Å². The topological polar surface area (TPSA) is 60.9 Å². The van der Waals surface area contributed by atoms with Crippen molar-refractivity contribution in [2.24, 2.45) is 0 Å². The van der Waals surface area contributed by atoms with Gasteiger partial charge in [0.15, 0.2) is 0 Å². The average molecular weight is 488 g/mol. The minimum Gasteiger partial charge on any atom is -0.334 e. The number of piperazine rings is 1. The van der Waals surface area contributed by atoms with E-state index in [0.29, 0.717) is 18.7 Å². The molecule has 4 amide bonds. The molecule has 2 bridgehead atoms. The van der Waals surface area contributed by atoms with Crippen molar-refractivity contribution in [2.45, 2.75) is 30.5 Å². The second-order valence-electron chi connectivity index (χ2n) is 10.0. The predicted molar refractivity (Wildman–Crippen MR) is 141 cm³/mol.